The maximum atomic E-state index is 13.4. The topological polar surface area (TPSA) is 129 Å². The third-order valence-electron chi connectivity index (χ3n) is 6.87. The SMILES string of the molecule is CC(C)(CN1CCCCC1)NC(=O)C1N=CNC1(C(N)=O)c1ccc(NC(=O)c2ccc(F)cc2Cl)cc1. The van der Waals surface area contributed by atoms with Gasteiger partial charge in [-0.1, -0.05) is 30.2 Å². The van der Waals surface area contributed by atoms with Crippen LogP contribution in [0.25, 0.3) is 0 Å². The van der Waals surface area contributed by atoms with E-state index in [1.165, 1.54) is 18.8 Å². The minimum atomic E-state index is -1.60. The number of benzene rings is 2. The molecule has 0 spiro atoms. The first-order valence-electron chi connectivity index (χ1n) is 12.5. The van der Waals surface area contributed by atoms with E-state index in [1.807, 2.05) is 13.8 Å². The maximum absolute atomic E-state index is 13.4. The Labute approximate surface area is 226 Å². The molecule has 0 aromatic heterocycles. The quantitative estimate of drug-likeness (QED) is 0.408. The van der Waals surface area contributed by atoms with Crippen LogP contribution < -0.4 is 21.7 Å². The van der Waals surface area contributed by atoms with Gasteiger partial charge in [0, 0.05) is 17.8 Å². The Balaban J connectivity index is 1.50. The third kappa shape index (κ3) is 5.81. The van der Waals surface area contributed by atoms with E-state index < -0.39 is 40.7 Å². The predicted octanol–water partition coefficient (Wildman–Crippen LogP) is 2.79. The number of hydrogen-bond acceptors (Lipinski definition) is 6. The normalized spacial score (nSPS) is 21.5. The van der Waals surface area contributed by atoms with Crippen LogP contribution >= 0.6 is 11.6 Å². The van der Waals surface area contributed by atoms with E-state index in [9.17, 15) is 18.8 Å². The van der Waals surface area contributed by atoms with E-state index in [4.69, 9.17) is 17.3 Å². The molecule has 0 bridgehead atoms. The lowest BCUT2D eigenvalue weighted by atomic mass is 9.82. The fraction of sp³-hybridized carbons (Fsp3) is 0.407. The van der Waals surface area contributed by atoms with Gasteiger partial charge in [0.15, 0.2) is 11.6 Å². The number of nitrogens with zero attached hydrogens (tertiary/aromatic N) is 2. The molecule has 38 heavy (non-hydrogen) atoms. The second kappa shape index (κ2) is 11.1. The predicted molar refractivity (Wildman–Crippen MR) is 145 cm³/mol. The Morgan fingerprint density at radius 1 is 1.16 bits per heavy atom. The van der Waals surface area contributed by atoms with Crippen LogP contribution in [0.2, 0.25) is 5.02 Å². The number of hydrogen-bond donors (Lipinski definition) is 4. The summed E-state index contributed by atoms with van der Waals surface area (Å²) < 4.78 is 13.3. The lowest BCUT2D eigenvalue weighted by molar-refractivity contribution is -0.132. The molecular formula is C27H32ClFN6O3. The summed E-state index contributed by atoms with van der Waals surface area (Å²) in [5, 5.41) is 8.62. The molecule has 2 aromatic rings. The molecule has 2 atom stereocenters. The Kier molecular flexibility index (Phi) is 8.03. The van der Waals surface area contributed by atoms with Gasteiger partial charge in [-0.25, -0.2) is 4.39 Å². The molecule has 5 N–H and O–H groups in total. The highest BCUT2D eigenvalue weighted by Crippen LogP contribution is 2.32. The van der Waals surface area contributed by atoms with Gasteiger partial charge in [-0.05, 0) is 75.7 Å². The zero-order valence-electron chi connectivity index (χ0n) is 21.4. The fourth-order valence-corrected chi connectivity index (χ4v) is 5.32. The van der Waals surface area contributed by atoms with Crippen LogP contribution in [0.15, 0.2) is 47.5 Å². The van der Waals surface area contributed by atoms with Crippen molar-refractivity contribution in [3.8, 4) is 0 Å². The van der Waals surface area contributed by atoms with E-state index >= 15 is 0 Å². The van der Waals surface area contributed by atoms with Crippen molar-refractivity contribution in [1.82, 2.24) is 15.5 Å². The van der Waals surface area contributed by atoms with Crippen LogP contribution in [-0.4, -0.2) is 60.2 Å². The zero-order valence-corrected chi connectivity index (χ0v) is 22.1. The number of carbonyl (C=O) groups is 3. The summed E-state index contributed by atoms with van der Waals surface area (Å²) in [6, 6.07) is 8.70. The second-order valence-electron chi connectivity index (χ2n) is 10.4. The number of piperidine rings is 1. The van der Waals surface area contributed by atoms with Crippen molar-refractivity contribution in [3.05, 3.63) is 64.4 Å². The van der Waals surface area contributed by atoms with Crippen molar-refractivity contribution in [1.29, 1.82) is 0 Å². The molecule has 4 rings (SSSR count). The smallest absolute Gasteiger partial charge is 0.257 e. The fourth-order valence-electron chi connectivity index (χ4n) is 5.06. The molecule has 202 valence electrons. The molecule has 0 aliphatic carbocycles. The number of likely N-dealkylation sites (tertiary alicyclic amines) is 1. The van der Waals surface area contributed by atoms with E-state index in [-0.39, 0.29) is 10.6 Å². The first-order chi connectivity index (χ1) is 18.0. The minimum Gasteiger partial charge on any atom is -0.367 e. The summed E-state index contributed by atoms with van der Waals surface area (Å²) in [6.07, 6.45) is 4.81. The second-order valence-corrected chi connectivity index (χ2v) is 10.8. The summed E-state index contributed by atoms with van der Waals surface area (Å²) in [5.74, 6) is -2.26. The van der Waals surface area contributed by atoms with Crippen LogP contribution in [-0.2, 0) is 15.1 Å². The van der Waals surface area contributed by atoms with Crippen molar-refractivity contribution >= 4 is 41.3 Å². The number of halogens is 2. The van der Waals surface area contributed by atoms with Crippen LogP contribution in [0.4, 0.5) is 10.1 Å². The summed E-state index contributed by atoms with van der Waals surface area (Å²) in [4.78, 5) is 45.4. The van der Waals surface area contributed by atoms with Gasteiger partial charge in [0.2, 0.25) is 5.91 Å². The number of aliphatic imine (C=N–C) groups is 1. The number of anilines is 1. The average molecular weight is 543 g/mol. The van der Waals surface area contributed by atoms with E-state index in [0.29, 0.717) is 17.8 Å². The number of nitrogens with two attached hydrogens (primary N) is 1. The molecule has 9 nitrogen and oxygen atoms in total. The van der Waals surface area contributed by atoms with Gasteiger partial charge in [-0.2, -0.15) is 0 Å². The van der Waals surface area contributed by atoms with Gasteiger partial charge in [0.1, 0.15) is 5.82 Å². The van der Waals surface area contributed by atoms with Gasteiger partial charge < -0.3 is 26.6 Å². The van der Waals surface area contributed by atoms with Crippen molar-refractivity contribution in [2.24, 2.45) is 10.7 Å². The van der Waals surface area contributed by atoms with Crippen LogP contribution in [0.3, 0.4) is 0 Å². The Morgan fingerprint density at radius 2 is 1.84 bits per heavy atom. The molecule has 2 heterocycles. The Hall–Kier alpha value is -3.50. The Bertz CT molecular complexity index is 1250. The monoisotopic (exact) mass is 542 g/mol. The highest BCUT2D eigenvalue weighted by Gasteiger charge is 2.52. The number of carbonyl (C=O) groups excluding carboxylic acids is 3. The largest absolute Gasteiger partial charge is 0.367 e. The molecule has 0 radical (unpaired) electrons. The molecule has 1 saturated heterocycles. The zero-order chi connectivity index (χ0) is 27.5. The van der Waals surface area contributed by atoms with Gasteiger partial charge >= 0.3 is 0 Å². The van der Waals surface area contributed by atoms with Crippen molar-refractivity contribution in [2.75, 3.05) is 25.0 Å². The standard InChI is InChI=1S/C27H32ClFN6O3/c1-26(2,15-35-12-4-3-5-13-35)34-24(37)22-27(25(30)38,32-16-31-22)17-6-9-19(10-7-17)33-23(36)20-11-8-18(29)14-21(20)28/h6-11,14,16,22H,3-5,12-13,15H2,1-2H3,(H2,30,38)(H,31,32)(H,33,36)(H,34,37). The van der Waals surface area contributed by atoms with Gasteiger partial charge in [-0.3, -0.25) is 19.4 Å². The molecule has 2 aliphatic heterocycles. The van der Waals surface area contributed by atoms with Crippen LogP contribution in [0.5, 0.6) is 0 Å². The number of rotatable bonds is 8. The van der Waals surface area contributed by atoms with Crippen LogP contribution in [0, 0.1) is 5.82 Å². The molecule has 1 fully saturated rings. The number of nitrogens with one attached hydrogen (secondary N) is 3. The molecular weight excluding hydrogens is 511 g/mol. The first-order valence-corrected chi connectivity index (χ1v) is 12.9. The Morgan fingerprint density at radius 3 is 2.47 bits per heavy atom. The molecule has 0 saturated carbocycles. The first kappa shape index (κ1) is 27.5. The van der Waals surface area contributed by atoms with Crippen molar-refractivity contribution in [3.63, 3.8) is 0 Å². The number of primary amides is 1. The molecule has 2 aromatic carbocycles. The lowest BCUT2D eigenvalue weighted by Gasteiger charge is -2.37. The highest BCUT2D eigenvalue weighted by molar-refractivity contribution is 6.34. The minimum absolute atomic E-state index is 0.0174. The van der Waals surface area contributed by atoms with Crippen molar-refractivity contribution < 1.29 is 18.8 Å². The van der Waals surface area contributed by atoms with Crippen LogP contribution in [0.1, 0.15) is 49.0 Å². The molecule has 2 unspecified atom stereocenters. The lowest BCUT2D eigenvalue weighted by Crippen LogP contribution is -2.62. The van der Waals surface area contributed by atoms with Gasteiger partial charge in [0.25, 0.3) is 11.8 Å². The molecule has 3 amide bonds. The van der Waals surface area contributed by atoms with E-state index in [2.05, 4.69) is 25.8 Å². The summed E-state index contributed by atoms with van der Waals surface area (Å²) in [5.41, 5.74) is 4.62. The molecule has 2 aliphatic rings. The summed E-state index contributed by atoms with van der Waals surface area (Å²) in [6.45, 7) is 6.55. The maximum Gasteiger partial charge on any atom is 0.257 e. The van der Waals surface area contributed by atoms with E-state index in [0.717, 1.165) is 38.1 Å². The van der Waals surface area contributed by atoms with E-state index in [1.54, 1.807) is 24.3 Å². The van der Waals surface area contributed by atoms with Gasteiger partial charge in [-0.15, -0.1) is 0 Å². The molecule has 11 heteroatoms. The third-order valence-corrected chi connectivity index (χ3v) is 7.18. The highest BCUT2D eigenvalue weighted by atomic mass is 35.5. The summed E-state index contributed by atoms with van der Waals surface area (Å²) >= 11 is 5.99. The van der Waals surface area contributed by atoms with Gasteiger partial charge in [0.05, 0.1) is 16.9 Å². The summed E-state index contributed by atoms with van der Waals surface area (Å²) in [7, 11) is 0. The average Bonchev–Trinajstić information content (AvgIpc) is 3.31. The van der Waals surface area contributed by atoms with Crippen molar-refractivity contribution in [2.45, 2.75) is 50.2 Å². The number of amides is 3.